The van der Waals surface area contributed by atoms with Crippen LogP contribution < -0.4 is 4.74 Å². The van der Waals surface area contributed by atoms with Crippen LogP contribution in [0.2, 0.25) is 0 Å². The van der Waals surface area contributed by atoms with Gasteiger partial charge in [-0.25, -0.2) is 4.39 Å². The number of rotatable bonds is 14. The molecule has 0 aliphatic carbocycles. The zero-order valence-electron chi connectivity index (χ0n) is 22.7. The zero-order chi connectivity index (χ0) is 26.8. The van der Waals surface area contributed by atoms with E-state index < -0.39 is 6.10 Å². The van der Waals surface area contributed by atoms with Crippen LogP contribution in [0.25, 0.3) is 0 Å². The van der Waals surface area contributed by atoms with Gasteiger partial charge in [-0.2, -0.15) is 0 Å². The van der Waals surface area contributed by atoms with E-state index >= 15 is 0 Å². The van der Waals surface area contributed by atoms with E-state index in [1.807, 2.05) is 37.3 Å². The Bertz CT molecular complexity index is 1010. The Labute approximate surface area is 220 Å². The maximum Gasteiger partial charge on any atom is 0.306 e. The molecule has 204 valence electrons. The van der Waals surface area contributed by atoms with Crippen molar-refractivity contribution in [2.75, 3.05) is 33.4 Å². The first-order valence-electron chi connectivity index (χ1n) is 13.5. The molecule has 2 aromatic rings. The summed E-state index contributed by atoms with van der Waals surface area (Å²) in [6, 6.07) is 11.6. The van der Waals surface area contributed by atoms with Crippen molar-refractivity contribution in [1.29, 1.82) is 0 Å². The van der Waals surface area contributed by atoms with E-state index in [2.05, 4.69) is 4.90 Å². The fraction of sp³-hybridized carbons (Fsp3) is 0.567. The normalized spacial score (nSPS) is 17.5. The van der Waals surface area contributed by atoms with E-state index in [-0.39, 0.29) is 37.0 Å². The van der Waals surface area contributed by atoms with Crippen molar-refractivity contribution < 1.29 is 28.5 Å². The lowest BCUT2D eigenvalue weighted by molar-refractivity contribution is -0.143. The Kier molecular flexibility index (Phi) is 11.4. The number of likely N-dealkylation sites (tertiary alicyclic amines) is 1. The minimum Gasteiger partial charge on any atom is -0.496 e. The van der Waals surface area contributed by atoms with E-state index in [4.69, 9.17) is 14.2 Å². The van der Waals surface area contributed by atoms with Gasteiger partial charge < -0.3 is 19.3 Å². The average molecular weight is 516 g/mol. The summed E-state index contributed by atoms with van der Waals surface area (Å²) in [5.74, 6) is 0.314. The summed E-state index contributed by atoms with van der Waals surface area (Å²) < 4.78 is 30.9. The molecule has 37 heavy (non-hydrogen) atoms. The molecule has 0 radical (unpaired) electrons. The van der Waals surface area contributed by atoms with E-state index in [1.54, 1.807) is 27.0 Å². The highest BCUT2D eigenvalue weighted by Crippen LogP contribution is 2.32. The van der Waals surface area contributed by atoms with Gasteiger partial charge in [0.1, 0.15) is 11.6 Å². The number of aryl methyl sites for hydroxylation is 1. The lowest BCUT2D eigenvalue weighted by Gasteiger charge is -2.28. The number of halogens is 1. The molecule has 1 saturated heterocycles. The highest BCUT2D eigenvalue weighted by Gasteiger charge is 2.27. The number of carbonyl (C=O) groups excluding carboxylic acids is 1. The minimum atomic E-state index is -0.641. The third-order valence-electron chi connectivity index (χ3n) is 7.13. The number of β-amino-alcohol motifs (C(OH)–C–C–N with tert-alkyl or cyclic N) is 1. The van der Waals surface area contributed by atoms with Crippen LogP contribution in [0.4, 0.5) is 4.39 Å². The van der Waals surface area contributed by atoms with Gasteiger partial charge >= 0.3 is 5.97 Å². The molecule has 1 aliphatic rings. The smallest absolute Gasteiger partial charge is 0.306 e. The molecule has 3 rings (SSSR count). The molecule has 3 atom stereocenters. The fourth-order valence-corrected chi connectivity index (χ4v) is 5.18. The van der Waals surface area contributed by atoms with Crippen LogP contribution in [-0.4, -0.2) is 61.5 Å². The molecule has 2 aromatic carbocycles. The molecule has 0 unspecified atom stereocenters. The Hall–Kier alpha value is -2.48. The van der Waals surface area contributed by atoms with Gasteiger partial charge in [-0.15, -0.1) is 0 Å². The van der Waals surface area contributed by atoms with Crippen molar-refractivity contribution in [3.63, 3.8) is 0 Å². The zero-order valence-corrected chi connectivity index (χ0v) is 22.7. The van der Waals surface area contributed by atoms with Crippen LogP contribution in [0.1, 0.15) is 67.9 Å². The Morgan fingerprint density at radius 2 is 2.05 bits per heavy atom. The first-order chi connectivity index (χ1) is 17.9. The molecule has 0 aromatic heterocycles. The van der Waals surface area contributed by atoms with Crippen LogP contribution >= 0.6 is 0 Å². The molecule has 6 nitrogen and oxygen atoms in total. The predicted molar refractivity (Wildman–Crippen MR) is 142 cm³/mol. The van der Waals surface area contributed by atoms with E-state index in [9.17, 15) is 14.3 Å². The number of hydrogen-bond acceptors (Lipinski definition) is 6. The number of aliphatic hydroxyl groups is 1. The predicted octanol–water partition coefficient (Wildman–Crippen LogP) is 5.17. The second kappa shape index (κ2) is 14.5. The fourth-order valence-electron chi connectivity index (χ4n) is 5.18. The highest BCUT2D eigenvalue weighted by atomic mass is 19.1. The van der Waals surface area contributed by atoms with Crippen molar-refractivity contribution in [2.24, 2.45) is 0 Å². The van der Waals surface area contributed by atoms with Gasteiger partial charge in [0.2, 0.25) is 0 Å². The molecule has 7 heteroatoms. The number of ether oxygens (including phenoxy) is 3. The molecule has 1 heterocycles. The summed E-state index contributed by atoms with van der Waals surface area (Å²) in [5, 5.41) is 10.9. The second-order valence-corrected chi connectivity index (χ2v) is 9.80. The third kappa shape index (κ3) is 8.25. The number of benzene rings is 2. The highest BCUT2D eigenvalue weighted by molar-refractivity contribution is 5.70. The minimum absolute atomic E-state index is 0.166. The lowest BCUT2D eigenvalue weighted by Crippen LogP contribution is -2.39. The molecular formula is C30H42FNO5. The van der Waals surface area contributed by atoms with Crippen molar-refractivity contribution in [1.82, 2.24) is 4.90 Å². The van der Waals surface area contributed by atoms with Gasteiger partial charge in [0.15, 0.2) is 0 Å². The van der Waals surface area contributed by atoms with Crippen LogP contribution in [0.3, 0.4) is 0 Å². The summed E-state index contributed by atoms with van der Waals surface area (Å²) in [6.07, 6.45) is 3.49. The van der Waals surface area contributed by atoms with E-state index in [1.165, 1.54) is 0 Å². The molecule has 1 N–H and O–H groups in total. The first-order valence-corrected chi connectivity index (χ1v) is 13.5. The van der Waals surface area contributed by atoms with Crippen molar-refractivity contribution in [2.45, 2.75) is 77.5 Å². The molecule has 1 aliphatic heterocycles. The summed E-state index contributed by atoms with van der Waals surface area (Å²) in [5.41, 5.74) is 3.55. The van der Waals surface area contributed by atoms with Crippen LogP contribution in [0.15, 0.2) is 36.4 Å². The lowest BCUT2D eigenvalue weighted by atomic mass is 9.96. The van der Waals surface area contributed by atoms with Gasteiger partial charge in [0.25, 0.3) is 0 Å². The topological polar surface area (TPSA) is 68.2 Å². The van der Waals surface area contributed by atoms with Crippen molar-refractivity contribution in [3.8, 4) is 5.75 Å². The Morgan fingerprint density at radius 1 is 1.24 bits per heavy atom. The van der Waals surface area contributed by atoms with E-state index in [0.717, 1.165) is 54.7 Å². The van der Waals surface area contributed by atoms with Gasteiger partial charge in [-0.1, -0.05) is 31.2 Å². The maximum absolute atomic E-state index is 14.0. The molecule has 0 amide bonds. The second-order valence-electron chi connectivity index (χ2n) is 9.80. The first kappa shape index (κ1) is 29.1. The van der Waals surface area contributed by atoms with Gasteiger partial charge in [0, 0.05) is 24.6 Å². The van der Waals surface area contributed by atoms with Crippen molar-refractivity contribution in [3.05, 3.63) is 64.5 Å². The molecule has 0 spiro atoms. The molecule has 0 bridgehead atoms. The number of nitrogens with zero attached hydrogens (tertiary/aromatic N) is 1. The number of aliphatic hydroxyl groups excluding tert-OH is 1. The van der Waals surface area contributed by atoms with Gasteiger partial charge in [0.05, 0.1) is 32.5 Å². The number of carbonyl (C=O) groups is 1. The quantitative estimate of drug-likeness (QED) is 0.350. The number of hydrogen-bond donors (Lipinski definition) is 1. The van der Waals surface area contributed by atoms with Gasteiger partial charge in [-0.3, -0.25) is 9.69 Å². The summed E-state index contributed by atoms with van der Waals surface area (Å²) >= 11 is 0. The van der Waals surface area contributed by atoms with Crippen LogP contribution in [0, 0.1) is 12.7 Å². The molecule has 1 fully saturated rings. The Morgan fingerprint density at radius 3 is 2.76 bits per heavy atom. The number of esters is 1. The SMILES string of the molecule is CCOC(=O)CCc1c(OC)cccc1[C@@H](CC)OC[C@H](O)CN1CCC[C@H]1Cc1ccc(C)c(F)c1. The third-order valence-corrected chi connectivity index (χ3v) is 7.13. The maximum atomic E-state index is 14.0. The monoisotopic (exact) mass is 515 g/mol. The van der Waals surface area contributed by atoms with Crippen LogP contribution in [0.5, 0.6) is 5.75 Å². The van der Waals surface area contributed by atoms with Crippen molar-refractivity contribution >= 4 is 5.97 Å². The Balaban J connectivity index is 1.60. The van der Waals surface area contributed by atoms with Gasteiger partial charge in [-0.05, 0) is 81.3 Å². The van der Waals surface area contributed by atoms with Crippen LogP contribution in [-0.2, 0) is 27.1 Å². The standard InChI is InChI=1S/C30H42FNO5/c1-5-28(25-10-7-11-29(35-4)26(25)14-15-30(34)36-6-2)37-20-24(33)19-32-16-8-9-23(32)17-22-13-12-21(3)27(31)18-22/h7,10-13,18,23-24,28,33H,5-6,8-9,14-17,19-20H2,1-4H3/t23-,24+,28+/m0/s1. The largest absolute Gasteiger partial charge is 0.496 e. The summed E-state index contributed by atoms with van der Waals surface area (Å²) in [7, 11) is 1.62. The molecule has 0 saturated carbocycles. The number of methoxy groups -OCH3 is 1. The molecular weight excluding hydrogens is 473 g/mol. The van der Waals surface area contributed by atoms with E-state index in [0.29, 0.717) is 25.1 Å². The summed E-state index contributed by atoms with van der Waals surface area (Å²) in [4.78, 5) is 14.3. The average Bonchev–Trinajstić information content (AvgIpc) is 3.31. The summed E-state index contributed by atoms with van der Waals surface area (Å²) in [6.45, 7) is 7.61.